The Morgan fingerprint density at radius 1 is 1.24 bits per heavy atom. The van der Waals surface area contributed by atoms with Crippen LogP contribution in [0.5, 0.6) is 5.75 Å². The number of aliphatic hydroxyl groups is 1. The van der Waals surface area contributed by atoms with Crippen molar-refractivity contribution in [3.63, 3.8) is 0 Å². The molecule has 1 N–H and O–H groups in total. The van der Waals surface area contributed by atoms with Gasteiger partial charge in [-0.05, 0) is 25.5 Å². The fourth-order valence-electron chi connectivity index (χ4n) is 2.78. The quantitative estimate of drug-likeness (QED) is 0.406. The molecule has 1 aromatic carbocycles. The number of carbonyl (C=O) groups excluding carboxylic acids is 3. The van der Waals surface area contributed by atoms with E-state index >= 15 is 0 Å². The first-order valence-electron chi connectivity index (χ1n) is 8.88. The second kappa shape index (κ2) is 8.96. The van der Waals surface area contributed by atoms with Gasteiger partial charge in [-0.25, -0.2) is 8.42 Å². The number of nitrogens with zero attached hydrogens (tertiary/aromatic N) is 1. The van der Waals surface area contributed by atoms with Gasteiger partial charge in [0, 0.05) is 38.3 Å². The Bertz CT molecular complexity index is 980. The number of rotatable bonds is 6. The molecule has 2 rings (SSSR count). The molecule has 29 heavy (non-hydrogen) atoms. The highest BCUT2D eigenvalue weighted by atomic mass is 35.5. The van der Waals surface area contributed by atoms with E-state index in [1.54, 1.807) is 14.0 Å². The minimum absolute atomic E-state index is 0.116. The van der Waals surface area contributed by atoms with Crippen molar-refractivity contribution in [1.82, 2.24) is 4.90 Å². The van der Waals surface area contributed by atoms with Crippen LogP contribution in [0, 0.1) is 0 Å². The number of benzene rings is 1. The van der Waals surface area contributed by atoms with Crippen LogP contribution in [0.25, 0.3) is 5.76 Å². The predicted molar refractivity (Wildman–Crippen MR) is 107 cm³/mol. The summed E-state index contributed by atoms with van der Waals surface area (Å²) >= 11 is 6.30. The molecule has 1 aliphatic rings. The largest absolute Gasteiger partial charge is 0.506 e. The molecule has 0 spiro atoms. The van der Waals surface area contributed by atoms with Crippen LogP contribution in [0.15, 0.2) is 22.6 Å². The maximum absolute atomic E-state index is 12.1. The minimum Gasteiger partial charge on any atom is -0.506 e. The fraction of sp³-hybridized carbons (Fsp3) is 0.421. The van der Waals surface area contributed by atoms with Crippen LogP contribution in [0.2, 0.25) is 5.02 Å². The van der Waals surface area contributed by atoms with Gasteiger partial charge in [0.25, 0.3) is 5.91 Å². The van der Waals surface area contributed by atoms with Gasteiger partial charge >= 0.3 is 0 Å². The van der Waals surface area contributed by atoms with Crippen molar-refractivity contribution in [2.24, 2.45) is 0 Å². The number of amides is 1. The third-order valence-electron chi connectivity index (χ3n) is 4.56. The molecule has 8 nitrogen and oxygen atoms in total. The van der Waals surface area contributed by atoms with Gasteiger partial charge in [-0.15, -0.1) is 0 Å². The second-order valence-corrected chi connectivity index (χ2v) is 9.01. The molecule has 1 aromatic rings. The van der Waals surface area contributed by atoms with Gasteiger partial charge in [-0.1, -0.05) is 11.6 Å². The summed E-state index contributed by atoms with van der Waals surface area (Å²) in [5.74, 6) is -2.39. The van der Waals surface area contributed by atoms with E-state index in [9.17, 15) is 27.9 Å². The molecule has 10 heteroatoms. The van der Waals surface area contributed by atoms with Gasteiger partial charge < -0.3 is 14.7 Å². The molecule has 0 unspecified atom stereocenters. The summed E-state index contributed by atoms with van der Waals surface area (Å²) in [5.41, 5.74) is -0.484. The number of ketones is 2. The lowest BCUT2D eigenvalue weighted by Crippen LogP contribution is -2.31. The Hall–Kier alpha value is -2.39. The maximum atomic E-state index is 12.1. The number of halogens is 1. The standard InChI is InChI=1S/C19H22ClNO7S/c1-4-21(2)15(24)10-28-19-14(29(3,26)27)9-8-11(17(19)20)18(25)16-12(22)6-5-7-13(16)23/h8-9,25H,4-7,10H2,1-3H3. The van der Waals surface area contributed by atoms with Crippen molar-refractivity contribution in [1.29, 1.82) is 0 Å². The number of sulfone groups is 1. The Balaban J connectivity index is 2.58. The van der Waals surface area contributed by atoms with Gasteiger partial charge in [0.2, 0.25) is 0 Å². The van der Waals surface area contributed by atoms with E-state index in [1.807, 2.05) is 0 Å². The summed E-state index contributed by atoms with van der Waals surface area (Å²) in [6.45, 7) is 1.70. The normalized spacial score (nSPS) is 14.7. The highest BCUT2D eigenvalue weighted by Crippen LogP contribution is 2.39. The van der Waals surface area contributed by atoms with Gasteiger partial charge in [-0.3, -0.25) is 14.4 Å². The molecule has 0 atom stereocenters. The number of aliphatic hydroxyl groups excluding tert-OH is 1. The molecule has 0 heterocycles. The summed E-state index contributed by atoms with van der Waals surface area (Å²) in [6.07, 6.45) is 1.57. The van der Waals surface area contributed by atoms with Gasteiger partial charge in [0.05, 0.1) is 5.02 Å². The zero-order valence-corrected chi connectivity index (χ0v) is 17.9. The van der Waals surface area contributed by atoms with Crippen LogP contribution >= 0.6 is 11.6 Å². The number of hydrogen-bond acceptors (Lipinski definition) is 7. The predicted octanol–water partition coefficient (Wildman–Crippen LogP) is 2.19. The van der Waals surface area contributed by atoms with Crippen LogP contribution in [0.3, 0.4) is 0 Å². The molecule has 1 amide bonds. The number of ether oxygens (including phenoxy) is 1. The lowest BCUT2D eigenvalue weighted by atomic mass is 9.90. The molecule has 0 saturated heterocycles. The molecule has 0 aromatic heterocycles. The van der Waals surface area contributed by atoms with Crippen molar-refractivity contribution in [3.05, 3.63) is 28.3 Å². The van der Waals surface area contributed by atoms with E-state index in [1.165, 1.54) is 11.0 Å². The van der Waals surface area contributed by atoms with Crippen molar-refractivity contribution in [2.75, 3.05) is 26.5 Å². The van der Waals surface area contributed by atoms with Crippen molar-refractivity contribution in [3.8, 4) is 5.75 Å². The van der Waals surface area contributed by atoms with E-state index in [4.69, 9.17) is 16.3 Å². The van der Waals surface area contributed by atoms with Crippen LogP contribution < -0.4 is 4.74 Å². The smallest absolute Gasteiger partial charge is 0.260 e. The maximum Gasteiger partial charge on any atom is 0.260 e. The van der Waals surface area contributed by atoms with Crippen LogP contribution in [-0.4, -0.2) is 62.4 Å². The second-order valence-electron chi connectivity index (χ2n) is 6.65. The molecular formula is C19H22ClNO7S. The molecule has 1 saturated carbocycles. The topological polar surface area (TPSA) is 118 Å². The Labute approximate surface area is 174 Å². The van der Waals surface area contributed by atoms with Crippen molar-refractivity contribution < 1.29 is 32.6 Å². The first-order chi connectivity index (χ1) is 13.5. The molecular weight excluding hydrogens is 422 g/mol. The highest BCUT2D eigenvalue weighted by molar-refractivity contribution is 7.90. The number of hydrogen-bond donors (Lipinski definition) is 1. The molecule has 0 radical (unpaired) electrons. The number of allylic oxidation sites excluding steroid dienone is 1. The Morgan fingerprint density at radius 3 is 2.34 bits per heavy atom. The minimum atomic E-state index is -3.78. The molecule has 0 bridgehead atoms. The zero-order chi connectivity index (χ0) is 21.9. The third kappa shape index (κ3) is 4.97. The number of likely N-dealkylation sites (N-methyl/N-ethyl adjacent to an activating group) is 1. The SMILES string of the molecule is CCN(C)C(=O)COc1c(S(C)(=O)=O)ccc(C(O)=C2C(=O)CCCC2=O)c1Cl. The molecule has 158 valence electrons. The summed E-state index contributed by atoms with van der Waals surface area (Å²) in [5, 5.41) is 10.3. The highest BCUT2D eigenvalue weighted by Gasteiger charge is 2.30. The zero-order valence-electron chi connectivity index (χ0n) is 16.3. The van der Waals surface area contributed by atoms with E-state index in [0.29, 0.717) is 13.0 Å². The lowest BCUT2D eigenvalue weighted by Gasteiger charge is -2.19. The van der Waals surface area contributed by atoms with E-state index in [0.717, 1.165) is 12.3 Å². The first-order valence-corrected chi connectivity index (χ1v) is 11.1. The van der Waals surface area contributed by atoms with Crippen LogP contribution in [0.4, 0.5) is 0 Å². The molecule has 1 aliphatic carbocycles. The Morgan fingerprint density at radius 2 is 1.83 bits per heavy atom. The summed E-state index contributed by atoms with van der Waals surface area (Å²) in [7, 11) is -2.23. The molecule has 0 aliphatic heterocycles. The molecule has 1 fully saturated rings. The van der Waals surface area contributed by atoms with Gasteiger partial charge in [0.15, 0.2) is 33.8 Å². The third-order valence-corrected chi connectivity index (χ3v) is 6.05. The summed E-state index contributed by atoms with van der Waals surface area (Å²) < 4.78 is 29.6. The average molecular weight is 444 g/mol. The van der Waals surface area contributed by atoms with Crippen molar-refractivity contribution in [2.45, 2.75) is 31.1 Å². The average Bonchev–Trinajstić information content (AvgIpc) is 2.64. The summed E-state index contributed by atoms with van der Waals surface area (Å²) in [4.78, 5) is 37.3. The monoisotopic (exact) mass is 443 g/mol. The van der Waals surface area contributed by atoms with E-state index < -0.39 is 39.7 Å². The fourth-order valence-corrected chi connectivity index (χ4v) is 3.96. The summed E-state index contributed by atoms with van der Waals surface area (Å²) in [6, 6.07) is 2.34. The van der Waals surface area contributed by atoms with Gasteiger partial charge in [-0.2, -0.15) is 0 Å². The van der Waals surface area contributed by atoms with E-state index in [2.05, 4.69) is 0 Å². The Kier molecular flexibility index (Phi) is 7.07. The van der Waals surface area contributed by atoms with E-state index in [-0.39, 0.29) is 39.6 Å². The number of carbonyl (C=O) groups is 3. The van der Waals surface area contributed by atoms with Crippen molar-refractivity contribution >= 4 is 44.7 Å². The lowest BCUT2D eigenvalue weighted by molar-refractivity contribution is -0.132. The van der Waals surface area contributed by atoms with Crippen LogP contribution in [0.1, 0.15) is 31.7 Å². The first kappa shape index (κ1) is 22.9. The van der Waals surface area contributed by atoms with Crippen LogP contribution in [-0.2, 0) is 24.2 Å². The number of Topliss-reactive ketones (excluding diaryl/α,β-unsaturated/α-hetero) is 2. The van der Waals surface area contributed by atoms with Gasteiger partial charge in [0.1, 0.15) is 16.2 Å².